The Morgan fingerprint density at radius 2 is 2.26 bits per heavy atom. The van der Waals surface area contributed by atoms with Crippen LogP contribution in [0.3, 0.4) is 0 Å². The van der Waals surface area contributed by atoms with Gasteiger partial charge in [-0.3, -0.25) is 4.90 Å². The van der Waals surface area contributed by atoms with E-state index in [2.05, 4.69) is 17.1 Å². The zero-order valence-electron chi connectivity index (χ0n) is 11.9. The number of nitrogens with one attached hydrogen (secondary N) is 1. The molecule has 0 aromatic heterocycles. The van der Waals surface area contributed by atoms with E-state index in [-0.39, 0.29) is 18.0 Å². The number of rotatable bonds is 4. The van der Waals surface area contributed by atoms with Crippen molar-refractivity contribution in [1.29, 1.82) is 0 Å². The molecule has 106 valence electrons. The van der Waals surface area contributed by atoms with E-state index in [1.165, 1.54) is 0 Å². The fraction of sp³-hybridized carbons (Fsp3) is 0.600. The van der Waals surface area contributed by atoms with Crippen LogP contribution in [0.25, 0.3) is 0 Å². The zero-order valence-corrected chi connectivity index (χ0v) is 11.9. The molecule has 3 nitrogen and oxygen atoms in total. The number of likely N-dealkylation sites (N-methyl/N-ethyl adjacent to an activating group) is 2. The molecule has 1 aliphatic rings. The molecule has 2 atom stereocenters. The Bertz CT molecular complexity index is 423. The first-order valence-electron chi connectivity index (χ1n) is 6.93. The van der Waals surface area contributed by atoms with Gasteiger partial charge < -0.3 is 10.1 Å². The fourth-order valence-electron chi connectivity index (χ4n) is 2.73. The van der Waals surface area contributed by atoms with Gasteiger partial charge in [0.2, 0.25) is 0 Å². The van der Waals surface area contributed by atoms with Crippen molar-refractivity contribution in [2.45, 2.75) is 26.0 Å². The lowest BCUT2D eigenvalue weighted by atomic mass is 9.96. The molecule has 1 saturated heterocycles. The van der Waals surface area contributed by atoms with Crippen LogP contribution in [0.4, 0.5) is 4.39 Å². The topological polar surface area (TPSA) is 24.5 Å². The standard InChI is InChI=1S/C15H23FN2O/c1-4-18-7-8-19-14(10-17-3)15(18)12-6-5-11(2)13(16)9-12/h5-6,9,14-15,17H,4,7-8,10H2,1-3H3. The Morgan fingerprint density at radius 1 is 1.47 bits per heavy atom. The van der Waals surface area contributed by atoms with Crippen LogP contribution in [-0.4, -0.2) is 44.3 Å². The van der Waals surface area contributed by atoms with Crippen LogP contribution in [0.15, 0.2) is 18.2 Å². The van der Waals surface area contributed by atoms with Crippen LogP contribution in [0, 0.1) is 12.7 Å². The van der Waals surface area contributed by atoms with E-state index in [1.54, 1.807) is 13.0 Å². The molecule has 0 saturated carbocycles. The molecule has 2 rings (SSSR count). The maximum absolute atomic E-state index is 13.8. The molecule has 1 fully saturated rings. The second-order valence-electron chi connectivity index (χ2n) is 5.05. The lowest BCUT2D eigenvalue weighted by Gasteiger charge is -2.41. The van der Waals surface area contributed by atoms with Gasteiger partial charge in [-0.15, -0.1) is 0 Å². The molecule has 4 heteroatoms. The first-order chi connectivity index (χ1) is 9.17. The Labute approximate surface area is 114 Å². The molecule has 19 heavy (non-hydrogen) atoms. The summed E-state index contributed by atoms with van der Waals surface area (Å²) in [6.07, 6.45) is 0.0702. The van der Waals surface area contributed by atoms with Gasteiger partial charge >= 0.3 is 0 Å². The molecule has 0 aliphatic carbocycles. The quantitative estimate of drug-likeness (QED) is 0.903. The van der Waals surface area contributed by atoms with E-state index < -0.39 is 0 Å². The van der Waals surface area contributed by atoms with Crippen molar-refractivity contribution in [2.75, 3.05) is 33.3 Å². The third-order valence-corrected chi connectivity index (χ3v) is 3.80. The number of morpholine rings is 1. The average molecular weight is 266 g/mol. The van der Waals surface area contributed by atoms with Crippen LogP contribution in [0.1, 0.15) is 24.1 Å². The van der Waals surface area contributed by atoms with Gasteiger partial charge in [0.05, 0.1) is 18.8 Å². The van der Waals surface area contributed by atoms with E-state index in [0.717, 1.165) is 31.8 Å². The summed E-state index contributed by atoms with van der Waals surface area (Å²) in [6.45, 7) is 7.29. The molecule has 0 bridgehead atoms. The number of hydrogen-bond acceptors (Lipinski definition) is 3. The largest absolute Gasteiger partial charge is 0.374 e. The van der Waals surface area contributed by atoms with Crippen LogP contribution in [0.2, 0.25) is 0 Å². The average Bonchev–Trinajstić information content (AvgIpc) is 2.42. The monoisotopic (exact) mass is 266 g/mol. The van der Waals surface area contributed by atoms with Crippen molar-refractivity contribution in [3.63, 3.8) is 0 Å². The van der Waals surface area contributed by atoms with Crippen molar-refractivity contribution < 1.29 is 9.13 Å². The van der Waals surface area contributed by atoms with Gasteiger partial charge in [-0.2, -0.15) is 0 Å². The van der Waals surface area contributed by atoms with Crippen LogP contribution in [0.5, 0.6) is 0 Å². The minimum Gasteiger partial charge on any atom is -0.374 e. The molecule has 1 aromatic rings. The lowest BCUT2D eigenvalue weighted by molar-refractivity contribution is -0.0687. The highest BCUT2D eigenvalue weighted by molar-refractivity contribution is 5.27. The Morgan fingerprint density at radius 3 is 2.89 bits per heavy atom. The summed E-state index contributed by atoms with van der Waals surface area (Å²) in [5.74, 6) is -0.137. The van der Waals surface area contributed by atoms with Gasteiger partial charge in [-0.25, -0.2) is 4.39 Å². The van der Waals surface area contributed by atoms with Crippen LogP contribution >= 0.6 is 0 Å². The third kappa shape index (κ3) is 3.14. The maximum atomic E-state index is 13.8. The van der Waals surface area contributed by atoms with Gasteiger partial charge in [-0.1, -0.05) is 19.1 Å². The summed E-state index contributed by atoms with van der Waals surface area (Å²) in [7, 11) is 1.92. The molecular weight excluding hydrogens is 243 g/mol. The van der Waals surface area contributed by atoms with Crippen molar-refractivity contribution in [2.24, 2.45) is 0 Å². The van der Waals surface area contributed by atoms with Crippen LogP contribution < -0.4 is 5.32 Å². The summed E-state index contributed by atoms with van der Waals surface area (Å²) in [5, 5.41) is 3.16. The Balaban J connectivity index is 2.30. The summed E-state index contributed by atoms with van der Waals surface area (Å²) >= 11 is 0. The molecule has 0 spiro atoms. The van der Waals surface area contributed by atoms with Crippen molar-refractivity contribution >= 4 is 0 Å². The van der Waals surface area contributed by atoms with E-state index in [0.29, 0.717) is 5.56 Å². The second kappa shape index (κ2) is 6.46. The van der Waals surface area contributed by atoms with Crippen LogP contribution in [-0.2, 0) is 4.74 Å². The Hall–Kier alpha value is -0.970. The van der Waals surface area contributed by atoms with Gasteiger partial charge in [0, 0.05) is 13.1 Å². The highest BCUT2D eigenvalue weighted by atomic mass is 19.1. The smallest absolute Gasteiger partial charge is 0.126 e. The molecule has 1 heterocycles. The molecule has 1 N–H and O–H groups in total. The predicted molar refractivity (Wildman–Crippen MR) is 74.8 cm³/mol. The lowest BCUT2D eigenvalue weighted by Crippen LogP contribution is -2.48. The minimum atomic E-state index is -0.137. The predicted octanol–water partition coefficient (Wildman–Crippen LogP) is 2.12. The summed E-state index contributed by atoms with van der Waals surface area (Å²) in [6, 6.07) is 5.65. The van der Waals surface area contributed by atoms with Gasteiger partial charge in [0.15, 0.2) is 0 Å². The number of benzene rings is 1. The van der Waals surface area contributed by atoms with Gasteiger partial charge in [0.25, 0.3) is 0 Å². The SMILES string of the molecule is CCN1CCOC(CNC)C1c1ccc(C)c(F)c1. The van der Waals surface area contributed by atoms with E-state index >= 15 is 0 Å². The summed E-state index contributed by atoms with van der Waals surface area (Å²) in [4.78, 5) is 2.36. The van der Waals surface area contributed by atoms with E-state index in [9.17, 15) is 4.39 Å². The first kappa shape index (κ1) is 14.4. The van der Waals surface area contributed by atoms with Gasteiger partial charge in [0.1, 0.15) is 5.82 Å². The molecule has 0 radical (unpaired) electrons. The first-order valence-corrected chi connectivity index (χ1v) is 6.93. The highest BCUT2D eigenvalue weighted by Gasteiger charge is 2.32. The number of ether oxygens (including phenoxy) is 1. The van der Waals surface area contributed by atoms with E-state index in [1.807, 2.05) is 19.2 Å². The van der Waals surface area contributed by atoms with E-state index in [4.69, 9.17) is 4.74 Å². The number of halogens is 1. The maximum Gasteiger partial charge on any atom is 0.126 e. The normalized spacial score (nSPS) is 24.6. The summed E-state index contributed by atoms with van der Waals surface area (Å²) < 4.78 is 19.7. The Kier molecular flexibility index (Phi) is 4.91. The number of nitrogens with zero attached hydrogens (tertiary/aromatic N) is 1. The number of hydrogen-bond donors (Lipinski definition) is 1. The minimum absolute atomic E-state index is 0.0702. The van der Waals surface area contributed by atoms with Crippen molar-refractivity contribution in [3.8, 4) is 0 Å². The number of aryl methyl sites for hydroxylation is 1. The molecule has 1 aliphatic heterocycles. The zero-order chi connectivity index (χ0) is 13.8. The molecule has 2 unspecified atom stereocenters. The van der Waals surface area contributed by atoms with Crippen molar-refractivity contribution in [3.05, 3.63) is 35.1 Å². The fourth-order valence-corrected chi connectivity index (χ4v) is 2.73. The summed E-state index contributed by atoms with van der Waals surface area (Å²) in [5.41, 5.74) is 1.69. The van der Waals surface area contributed by atoms with Crippen molar-refractivity contribution in [1.82, 2.24) is 10.2 Å². The highest BCUT2D eigenvalue weighted by Crippen LogP contribution is 2.30. The second-order valence-corrected chi connectivity index (χ2v) is 5.05. The molecule has 1 aromatic carbocycles. The van der Waals surface area contributed by atoms with Gasteiger partial charge in [-0.05, 0) is 37.7 Å². The third-order valence-electron chi connectivity index (χ3n) is 3.80. The molecule has 0 amide bonds. The molecular formula is C15H23FN2O.